The highest BCUT2D eigenvalue weighted by molar-refractivity contribution is 5.10. The van der Waals surface area contributed by atoms with E-state index >= 15 is 0 Å². The number of nitrogens with one attached hydrogen (secondary N) is 1. The van der Waals surface area contributed by atoms with E-state index in [4.69, 9.17) is 0 Å². The molecule has 2 rings (SSSR count). The van der Waals surface area contributed by atoms with E-state index in [9.17, 15) is 0 Å². The van der Waals surface area contributed by atoms with Gasteiger partial charge in [-0.05, 0) is 30.7 Å². The second-order valence-electron chi connectivity index (χ2n) is 3.67. The molecule has 0 fully saturated rings. The van der Waals surface area contributed by atoms with Crippen molar-refractivity contribution in [2.45, 2.75) is 26.6 Å². The van der Waals surface area contributed by atoms with Gasteiger partial charge in [-0.25, -0.2) is 0 Å². The van der Waals surface area contributed by atoms with Gasteiger partial charge in [0.05, 0.1) is 5.69 Å². The zero-order valence-electron chi connectivity index (χ0n) is 9.43. The minimum Gasteiger partial charge on any atom is -0.354 e. The topological polar surface area (TPSA) is 42.7 Å². The molecule has 2 aromatic heterocycles. The van der Waals surface area contributed by atoms with Gasteiger partial charge in [-0.1, -0.05) is 0 Å². The quantitative estimate of drug-likeness (QED) is 0.825. The maximum absolute atomic E-state index is 4.01. The van der Waals surface area contributed by atoms with Crippen LogP contribution in [-0.2, 0) is 19.6 Å². The minimum atomic E-state index is 0.755. The van der Waals surface area contributed by atoms with Crippen molar-refractivity contribution in [2.75, 3.05) is 0 Å². The molecule has 4 heteroatoms. The molecule has 0 unspecified atom stereocenters. The normalized spacial score (nSPS) is 10.6. The summed E-state index contributed by atoms with van der Waals surface area (Å²) in [5, 5.41) is 11.2. The predicted octanol–water partition coefficient (Wildman–Crippen LogP) is 1.59. The van der Waals surface area contributed by atoms with Crippen LogP contribution in [0, 0.1) is 0 Å². The van der Waals surface area contributed by atoms with Crippen LogP contribution in [0.4, 0.5) is 0 Å². The zero-order chi connectivity index (χ0) is 11.2. The van der Waals surface area contributed by atoms with Crippen molar-refractivity contribution >= 4 is 0 Å². The van der Waals surface area contributed by atoms with Crippen LogP contribution in [0.1, 0.15) is 18.2 Å². The standard InChI is InChI=1S/C12H16N4/c1-2-16-7-5-11(10-16)8-13-9-12-4-3-6-14-15-12/h3-7,10,13H,2,8-9H2,1H3. The van der Waals surface area contributed by atoms with Crippen LogP contribution >= 0.6 is 0 Å². The molecule has 84 valence electrons. The smallest absolute Gasteiger partial charge is 0.0769 e. The number of hydrogen-bond donors (Lipinski definition) is 1. The number of nitrogens with zero attached hydrogens (tertiary/aromatic N) is 3. The van der Waals surface area contributed by atoms with E-state index in [2.05, 4.69) is 45.5 Å². The SMILES string of the molecule is CCn1ccc(CNCc2cccnn2)c1. The molecule has 16 heavy (non-hydrogen) atoms. The number of hydrogen-bond acceptors (Lipinski definition) is 3. The summed E-state index contributed by atoms with van der Waals surface area (Å²) in [7, 11) is 0. The van der Waals surface area contributed by atoms with Crippen LogP contribution in [0.5, 0.6) is 0 Å². The van der Waals surface area contributed by atoms with Crippen molar-refractivity contribution in [2.24, 2.45) is 0 Å². The second-order valence-corrected chi connectivity index (χ2v) is 3.67. The van der Waals surface area contributed by atoms with Gasteiger partial charge in [-0.15, -0.1) is 0 Å². The summed E-state index contributed by atoms with van der Waals surface area (Å²) in [6.45, 7) is 4.77. The summed E-state index contributed by atoms with van der Waals surface area (Å²) in [5.74, 6) is 0. The lowest BCUT2D eigenvalue weighted by atomic mass is 10.3. The molecule has 0 amide bonds. The molecule has 0 atom stereocenters. The number of aryl methyl sites for hydroxylation is 1. The predicted molar refractivity (Wildman–Crippen MR) is 62.7 cm³/mol. The van der Waals surface area contributed by atoms with Crippen LogP contribution in [0.2, 0.25) is 0 Å². The summed E-state index contributed by atoms with van der Waals surface area (Å²) < 4.78 is 2.17. The van der Waals surface area contributed by atoms with Gasteiger partial charge >= 0.3 is 0 Å². The molecule has 0 bridgehead atoms. The molecule has 2 heterocycles. The Balaban J connectivity index is 1.80. The third kappa shape index (κ3) is 2.90. The van der Waals surface area contributed by atoms with Gasteiger partial charge in [0.2, 0.25) is 0 Å². The first-order valence-corrected chi connectivity index (χ1v) is 5.50. The molecule has 0 radical (unpaired) electrons. The van der Waals surface area contributed by atoms with Gasteiger partial charge in [-0.3, -0.25) is 0 Å². The fourth-order valence-corrected chi connectivity index (χ4v) is 1.55. The maximum Gasteiger partial charge on any atom is 0.0769 e. The van der Waals surface area contributed by atoms with Crippen molar-refractivity contribution in [3.63, 3.8) is 0 Å². The molecule has 0 spiro atoms. The summed E-state index contributed by atoms with van der Waals surface area (Å²) >= 11 is 0. The van der Waals surface area contributed by atoms with Crippen molar-refractivity contribution < 1.29 is 0 Å². The van der Waals surface area contributed by atoms with Gasteiger partial charge in [0.1, 0.15) is 0 Å². The van der Waals surface area contributed by atoms with Crippen LogP contribution in [0.25, 0.3) is 0 Å². The lowest BCUT2D eigenvalue weighted by molar-refractivity contribution is 0.667. The first-order chi connectivity index (χ1) is 7.88. The summed E-state index contributed by atoms with van der Waals surface area (Å²) in [5.41, 5.74) is 2.27. The van der Waals surface area contributed by atoms with Crippen molar-refractivity contribution in [1.82, 2.24) is 20.1 Å². The van der Waals surface area contributed by atoms with E-state index in [0.717, 1.165) is 25.3 Å². The van der Waals surface area contributed by atoms with Crippen LogP contribution in [-0.4, -0.2) is 14.8 Å². The Bertz CT molecular complexity index is 422. The Hall–Kier alpha value is -1.68. The maximum atomic E-state index is 4.01. The van der Waals surface area contributed by atoms with Crippen molar-refractivity contribution in [1.29, 1.82) is 0 Å². The molecule has 2 aromatic rings. The lowest BCUT2D eigenvalue weighted by Crippen LogP contribution is -2.13. The molecule has 0 aliphatic rings. The second kappa shape index (κ2) is 5.42. The highest BCUT2D eigenvalue weighted by Gasteiger charge is 1.96. The Morgan fingerprint density at radius 1 is 1.31 bits per heavy atom. The molecule has 0 aromatic carbocycles. The summed E-state index contributed by atoms with van der Waals surface area (Å²) in [4.78, 5) is 0. The van der Waals surface area contributed by atoms with Gasteiger partial charge in [-0.2, -0.15) is 10.2 Å². The molecule has 0 saturated heterocycles. The average Bonchev–Trinajstić information content (AvgIpc) is 2.78. The van der Waals surface area contributed by atoms with E-state index < -0.39 is 0 Å². The fourth-order valence-electron chi connectivity index (χ4n) is 1.55. The summed E-state index contributed by atoms with van der Waals surface area (Å²) in [6, 6.07) is 6.00. The fraction of sp³-hybridized carbons (Fsp3) is 0.333. The molecule has 1 N–H and O–H groups in total. The Morgan fingerprint density at radius 3 is 2.94 bits per heavy atom. The van der Waals surface area contributed by atoms with Crippen molar-refractivity contribution in [3.8, 4) is 0 Å². The highest BCUT2D eigenvalue weighted by atomic mass is 15.1. The van der Waals surface area contributed by atoms with Gasteiger partial charge in [0.15, 0.2) is 0 Å². The molecular formula is C12H16N4. The van der Waals surface area contributed by atoms with Crippen LogP contribution in [0.15, 0.2) is 36.8 Å². The Kier molecular flexibility index (Phi) is 3.66. The van der Waals surface area contributed by atoms with Crippen LogP contribution in [0.3, 0.4) is 0 Å². The molecular weight excluding hydrogens is 200 g/mol. The zero-order valence-corrected chi connectivity index (χ0v) is 9.43. The first kappa shape index (κ1) is 10.8. The van der Waals surface area contributed by atoms with E-state index in [1.807, 2.05) is 12.1 Å². The monoisotopic (exact) mass is 216 g/mol. The van der Waals surface area contributed by atoms with Gasteiger partial charge in [0.25, 0.3) is 0 Å². The molecule has 4 nitrogen and oxygen atoms in total. The van der Waals surface area contributed by atoms with E-state index in [1.165, 1.54) is 5.56 Å². The van der Waals surface area contributed by atoms with Crippen LogP contribution < -0.4 is 5.32 Å². The largest absolute Gasteiger partial charge is 0.354 e. The first-order valence-electron chi connectivity index (χ1n) is 5.50. The Labute approximate surface area is 95.3 Å². The highest BCUT2D eigenvalue weighted by Crippen LogP contribution is 2.01. The van der Waals surface area contributed by atoms with Gasteiger partial charge in [0, 0.05) is 38.2 Å². The van der Waals surface area contributed by atoms with E-state index in [0.29, 0.717) is 0 Å². The number of rotatable bonds is 5. The lowest BCUT2D eigenvalue weighted by Gasteiger charge is -2.01. The third-order valence-corrected chi connectivity index (χ3v) is 2.44. The molecule has 0 aliphatic carbocycles. The number of aromatic nitrogens is 3. The molecule has 0 aliphatic heterocycles. The summed E-state index contributed by atoms with van der Waals surface area (Å²) in [6.07, 6.45) is 5.94. The third-order valence-electron chi connectivity index (χ3n) is 2.44. The van der Waals surface area contributed by atoms with E-state index in [1.54, 1.807) is 6.20 Å². The average molecular weight is 216 g/mol. The molecule has 0 saturated carbocycles. The minimum absolute atomic E-state index is 0.755. The Morgan fingerprint density at radius 2 is 2.25 bits per heavy atom. The van der Waals surface area contributed by atoms with E-state index in [-0.39, 0.29) is 0 Å². The van der Waals surface area contributed by atoms with Gasteiger partial charge < -0.3 is 9.88 Å². The van der Waals surface area contributed by atoms with Crippen molar-refractivity contribution in [3.05, 3.63) is 48.0 Å².